The summed E-state index contributed by atoms with van der Waals surface area (Å²) in [7, 11) is -3.68. The van der Waals surface area contributed by atoms with E-state index in [1.807, 2.05) is 26.0 Å². The van der Waals surface area contributed by atoms with Crippen molar-refractivity contribution in [2.45, 2.75) is 37.9 Å². The number of primary sulfonamides is 1. The molecular weight excluding hydrogens is 352 g/mol. The largest absolute Gasteiger partial charge is 0.374 e. The fourth-order valence-corrected chi connectivity index (χ4v) is 2.80. The van der Waals surface area contributed by atoms with Gasteiger partial charge in [0.1, 0.15) is 0 Å². The lowest BCUT2D eigenvalue weighted by atomic mass is 10.1. The van der Waals surface area contributed by atoms with Gasteiger partial charge in [0.05, 0.1) is 17.6 Å². The highest BCUT2D eigenvalue weighted by Gasteiger charge is 2.08. The molecule has 6 nitrogen and oxygen atoms in total. The fraction of sp³-hybridized carbons (Fsp3) is 0.316. The lowest BCUT2D eigenvalue weighted by molar-refractivity contribution is 0.0657. The third kappa shape index (κ3) is 6.25. The van der Waals surface area contributed by atoms with Crippen LogP contribution in [0.15, 0.2) is 53.4 Å². The molecule has 0 fully saturated rings. The first-order valence-electron chi connectivity index (χ1n) is 8.36. The first-order chi connectivity index (χ1) is 12.3. The molecular formula is C19H24N2O4S. The topological polar surface area (TPSA) is 98.5 Å². The van der Waals surface area contributed by atoms with Crippen molar-refractivity contribution in [1.82, 2.24) is 5.32 Å². The molecule has 0 aromatic heterocycles. The molecule has 0 aliphatic rings. The molecule has 1 amide bonds. The van der Waals surface area contributed by atoms with E-state index in [1.54, 1.807) is 24.3 Å². The zero-order valence-electron chi connectivity index (χ0n) is 14.9. The summed E-state index contributed by atoms with van der Waals surface area (Å²) in [6.07, 6.45) is 0.758. The number of hydrogen-bond acceptors (Lipinski definition) is 4. The summed E-state index contributed by atoms with van der Waals surface area (Å²) in [5.74, 6) is -0.150. The molecule has 0 aliphatic carbocycles. The van der Waals surface area contributed by atoms with Crippen molar-refractivity contribution in [3.63, 3.8) is 0 Å². The van der Waals surface area contributed by atoms with Gasteiger partial charge in [0.2, 0.25) is 10.0 Å². The average molecular weight is 376 g/mol. The van der Waals surface area contributed by atoms with E-state index in [0.29, 0.717) is 25.1 Å². The average Bonchev–Trinajstić information content (AvgIpc) is 2.60. The minimum absolute atomic E-state index is 0.0758. The van der Waals surface area contributed by atoms with Gasteiger partial charge >= 0.3 is 0 Å². The van der Waals surface area contributed by atoms with Crippen LogP contribution in [0.3, 0.4) is 0 Å². The van der Waals surface area contributed by atoms with Gasteiger partial charge < -0.3 is 10.1 Å². The number of carbonyl (C=O) groups excluding carboxylic acids is 1. The highest BCUT2D eigenvalue weighted by Crippen LogP contribution is 2.10. The standard InChI is InChI=1S/C19H24N2O4S/c1-14(2)25-13-16-3-7-17(8-4-16)19(22)21-12-11-15-5-9-18(10-6-15)26(20,23)24/h3-10,14H,11-13H2,1-2H3,(H,21,22)(H2,20,23,24). The first kappa shape index (κ1) is 20.1. The van der Waals surface area contributed by atoms with Gasteiger partial charge in [-0.15, -0.1) is 0 Å². The number of ether oxygens (including phenoxy) is 1. The van der Waals surface area contributed by atoms with E-state index in [9.17, 15) is 13.2 Å². The van der Waals surface area contributed by atoms with Crippen LogP contribution in [0, 0.1) is 0 Å². The predicted octanol–water partition coefficient (Wildman–Crippen LogP) is 2.23. The molecule has 2 rings (SSSR count). The summed E-state index contributed by atoms with van der Waals surface area (Å²) in [4.78, 5) is 12.2. The van der Waals surface area contributed by atoms with Crippen molar-refractivity contribution in [3.8, 4) is 0 Å². The Balaban J connectivity index is 1.83. The van der Waals surface area contributed by atoms with Crippen LogP contribution in [0.4, 0.5) is 0 Å². The lowest BCUT2D eigenvalue weighted by Gasteiger charge is -2.09. The molecule has 0 spiro atoms. The number of hydrogen-bond donors (Lipinski definition) is 2. The molecule has 2 aromatic rings. The zero-order chi connectivity index (χ0) is 19.2. The summed E-state index contributed by atoms with van der Waals surface area (Å²) in [6, 6.07) is 13.6. The molecule has 3 N–H and O–H groups in total. The van der Waals surface area contributed by atoms with E-state index >= 15 is 0 Å². The van der Waals surface area contributed by atoms with Crippen LogP contribution in [-0.2, 0) is 27.8 Å². The van der Waals surface area contributed by atoms with Crippen LogP contribution in [0.25, 0.3) is 0 Å². The van der Waals surface area contributed by atoms with Crippen molar-refractivity contribution >= 4 is 15.9 Å². The Morgan fingerprint density at radius 2 is 1.62 bits per heavy atom. The van der Waals surface area contributed by atoms with E-state index in [-0.39, 0.29) is 16.9 Å². The summed E-state index contributed by atoms with van der Waals surface area (Å²) in [5.41, 5.74) is 2.52. The van der Waals surface area contributed by atoms with Gasteiger partial charge in [0.15, 0.2) is 0 Å². The van der Waals surface area contributed by atoms with Gasteiger partial charge in [-0.1, -0.05) is 24.3 Å². The Hall–Kier alpha value is -2.22. The van der Waals surface area contributed by atoms with Crippen molar-refractivity contribution < 1.29 is 17.9 Å². The van der Waals surface area contributed by atoms with Crippen LogP contribution in [0.1, 0.15) is 35.3 Å². The molecule has 0 saturated carbocycles. The molecule has 0 saturated heterocycles. The highest BCUT2D eigenvalue weighted by atomic mass is 32.2. The van der Waals surface area contributed by atoms with Crippen molar-refractivity contribution in [1.29, 1.82) is 0 Å². The monoisotopic (exact) mass is 376 g/mol. The SMILES string of the molecule is CC(C)OCc1ccc(C(=O)NCCc2ccc(S(N)(=O)=O)cc2)cc1. The molecule has 2 aromatic carbocycles. The summed E-state index contributed by atoms with van der Waals surface area (Å²) in [6.45, 7) is 4.93. The first-order valence-corrected chi connectivity index (χ1v) is 9.91. The van der Waals surface area contributed by atoms with E-state index in [1.165, 1.54) is 12.1 Å². The smallest absolute Gasteiger partial charge is 0.251 e. The van der Waals surface area contributed by atoms with E-state index in [4.69, 9.17) is 9.88 Å². The lowest BCUT2D eigenvalue weighted by Crippen LogP contribution is -2.25. The van der Waals surface area contributed by atoms with Crippen LogP contribution in [0.5, 0.6) is 0 Å². The Bertz CT molecular complexity index is 829. The van der Waals surface area contributed by atoms with Crippen LogP contribution in [-0.4, -0.2) is 27.0 Å². The van der Waals surface area contributed by atoms with Crippen molar-refractivity contribution in [2.75, 3.05) is 6.54 Å². The van der Waals surface area contributed by atoms with Crippen molar-refractivity contribution in [2.24, 2.45) is 5.14 Å². The highest BCUT2D eigenvalue weighted by molar-refractivity contribution is 7.89. The van der Waals surface area contributed by atoms with Crippen LogP contribution >= 0.6 is 0 Å². The molecule has 0 heterocycles. The van der Waals surface area contributed by atoms with Crippen molar-refractivity contribution in [3.05, 3.63) is 65.2 Å². The number of rotatable bonds is 8. The molecule has 0 bridgehead atoms. The van der Waals surface area contributed by atoms with E-state index < -0.39 is 10.0 Å². The third-order valence-electron chi connectivity index (χ3n) is 3.75. The molecule has 0 unspecified atom stereocenters. The number of benzene rings is 2. The molecule has 0 radical (unpaired) electrons. The maximum atomic E-state index is 12.2. The summed E-state index contributed by atoms with van der Waals surface area (Å²) >= 11 is 0. The van der Waals surface area contributed by atoms with Crippen LogP contribution < -0.4 is 10.5 Å². The zero-order valence-corrected chi connectivity index (χ0v) is 15.8. The number of carbonyl (C=O) groups is 1. The second-order valence-electron chi connectivity index (χ2n) is 6.25. The maximum absolute atomic E-state index is 12.2. The molecule has 140 valence electrons. The second-order valence-corrected chi connectivity index (χ2v) is 7.81. The van der Waals surface area contributed by atoms with Gasteiger partial charge in [-0.3, -0.25) is 4.79 Å². The number of amides is 1. The van der Waals surface area contributed by atoms with E-state index in [2.05, 4.69) is 5.32 Å². The Kier molecular flexibility index (Phi) is 6.90. The molecule has 7 heteroatoms. The van der Waals surface area contributed by atoms with Crippen LogP contribution in [0.2, 0.25) is 0 Å². The summed E-state index contributed by atoms with van der Waals surface area (Å²) in [5, 5.41) is 7.91. The Morgan fingerprint density at radius 1 is 1.04 bits per heavy atom. The quantitative estimate of drug-likeness (QED) is 0.738. The number of nitrogens with one attached hydrogen (secondary N) is 1. The Labute approximate surface area is 154 Å². The van der Waals surface area contributed by atoms with Gasteiger partial charge in [0.25, 0.3) is 5.91 Å². The fourth-order valence-electron chi connectivity index (χ4n) is 2.28. The normalized spacial score (nSPS) is 11.5. The maximum Gasteiger partial charge on any atom is 0.251 e. The predicted molar refractivity (Wildman–Crippen MR) is 100 cm³/mol. The number of nitrogens with two attached hydrogens (primary N) is 1. The van der Waals surface area contributed by atoms with Gasteiger partial charge in [0, 0.05) is 12.1 Å². The second kappa shape index (κ2) is 8.93. The van der Waals surface area contributed by atoms with Gasteiger partial charge in [-0.05, 0) is 55.7 Å². The number of sulfonamides is 1. The molecule has 26 heavy (non-hydrogen) atoms. The Morgan fingerprint density at radius 3 is 2.15 bits per heavy atom. The minimum Gasteiger partial charge on any atom is -0.374 e. The summed E-state index contributed by atoms with van der Waals surface area (Å²) < 4.78 is 28.0. The van der Waals surface area contributed by atoms with E-state index in [0.717, 1.165) is 11.1 Å². The van der Waals surface area contributed by atoms with Gasteiger partial charge in [-0.25, -0.2) is 13.6 Å². The minimum atomic E-state index is -3.68. The third-order valence-corrected chi connectivity index (χ3v) is 4.68. The molecule has 0 aliphatic heterocycles. The van der Waals surface area contributed by atoms with Gasteiger partial charge in [-0.2, -0.15) is 0 Å². The molecule has 0 atom stereocenters.